The fraction of sp³-hybridized carbons (Fsp3) is 0.375. The first kappa shape index (κ1) is 11.5. The molecule has 0 atom stereocenters. The summed E-state index contributed by atoms with van der Waals surface area (Å²) in [7, 11) is -1.79. The van der Waals surface area contributed by atoms with Crippen LogP contribution in [0.2, 0.25) is 13.1 Å². The van der Waals surface area contributed by atoms with Crippen LogP contribution in [0.25, 0.3) is 0 Å². The van der Waals surface area contributed by atoms with Gasteiger partial charge in [-0.3, -0.25) is 0 Å². The van der Waals surface area contributed by atoms with E-state index < -0.39 is 7.38 Å². The van der Waals surface area contributed by atoms with Crippen LogP contribution in [0.1, 0.15) is 6.92 Å². The van der Waals surface area contributed by atoms with Crippen molar-refractivity contribution in [2.45, 2.75) is 20.0 Å². The lowest BCUT2D eigenvalue weighted by Gasteiger charge is -2.03. The van der Waals surface area contributed by atoms with E-state index in [9.17, 15) is 4.79 Å². The third-order valence-electron chi connectivity index (χ3n) is 0.936. The molecule has 0 aliphatic carbocycles. The van der Waals surface area contributed by atoms with Gasteiger partial charge in [0.2, 0.25) is 0 Å². The Labute approximate surface area is 78.6 Å². The molecule has 0 bridgehead atoms. The quantitative estimate of drug-likeness (QED) is 0.232. The maximum absolute atomic E-state index is 10.9. The van der Waals surface area contributed by atoms with E-state index in [4.69, 9.17) is 11.1 Å². The van der Waals surface area contributed by atoms with E-state index in [0.717, 1.165) is 0 Å². The van der Waals surface area contributed by atoms with E-state index >= 15 is 0 Å². The van der Waals surface area contributed by atoms with Crippen molar-refractivity contribution in [3.05, 3.63) is 24.1 Å². The molecule has 0 rings (SSSR count). The van der Waals surface area contributed by atoms with Crippen LogP contribution >= 0.6 is 11.1 Å². The Kier molecular flexibility index (Phi) is 4.93. The molecule has 0 heterocycles. The van der Waals surface area contributed by atoms with Crippen LogP contribution in [-0.4, -0.2) is 13.4 Å². The molecule has 0 aromatic rings. The van der Waals surface area contributed by atoms with Crippen LogP contribution in [0, 0.1) is 0 Å². The van der Waals surface area contributed by atoms with Crippen LogP contribution in [-0.2, 0) is 9.53 Å². The summed E-state index contributed by atoms with van der Waals surface area (Å²) in [6.45, 7) is 5.62. The smallest absolute Gasteiger partial charge is 0.334 e. The normalized spacial score (nSPS) is 12.7. The van der Waals surface area contributed by atoms with E-state index in [-0.39, 0.29) is 5.97 Å². The van der Waals surface area contributed by atoms with Crippen molar-refractivity contribution in [3.8, 4) is 0 Å². The number of hydrogen-bond acceptors (Lipinski definition) is 2. The molecule has 4 heteroatoms. The highest BCUT2D eigenvalue weighted by Gasteiger charge is 2.11. The van der Waals surface area contributed by atoms with Gasteiger partial charge in [-0.1, -0.05) is 24.9 Å². The first-order valence-corrected chi connectivity index (χ1v) is 7.74. The number of rotatable bonds is 3. The zero-order valence-corrected chi connectivity index (χ0v) is 9.26. The van der Waals surface area contributed by atoms with Gasteiger partial charge in [0.05, 0.1) is 6.26 Å². The first-order chi connectivity index (χ1) is 5.45. The third kappa shape index (κ3) is 7.56. The molecule has 0 N–H and O–H groups in total. The molecule has 12 heavy (non-hydrogen) atoms. The van der Waals surface area contributed by atoms with Gasteiger partial charge >= 0.3 is 5.97 Å². The summed E-state index contributed by atoms with van der Waals surface area (Å²) in [6.07, 6.45) is 4.36. The van der Waals surface area contributed by atoms with E-state index in [1.807, 2.05) is 13.1 Å². The molecule has 0 saturated carbocycles. The molecule has 0 unspecified atom stereocenters. The molecule has 0 spiro atoms. The number of carbonyl (C=O) groups is 1. The average molecular weight is 205 g/mol. The number of allylic oxidation sites excluding steroid dienone is 1. The summed E-state index contributed by atoms with van der Waals surface area (Å²) >= 11 is 5.94. The SMILES string of the molecule is C/C=C\OC(=O)/C=C\[Si](C)(C)Cl. The highest BCUT2D eigenvalue weighted by Crippen LogP contribution is 2.08. The van der Waals surface area contributed by atoms with Gasteiger partial charge in [0, 0.05) is 6.08 Å². The Morgan fingerprint density at radius 3 is 2.50 bits per heavy atom. The summed E-state index contributed by atoms with van der Waals surface area (Å²) < 4.78 is 4.64. The Morgan fingerprint density at radius 2 is 2.08 bits per heavy atom. The zero-order chi connectivity index (χ0) is 9.61. The summed E-state index contributed by atoms with van der Waals surface area (Å²) in [5.74, 6) is -0.380. The van der Waals surface area contributed by atoms with Crippen molar-refractivity contribution in [3.63, 3.8) is 0 Å². The third-order valence-corrected chi connectivity index (χ3v) is 2.27. The predicted molar refractivity (Wildman–Crippen MR) is 53.4 cm³/mol. The van der Waals surface area contributed by atoms with Gasteiger partial charge in [0.1, 0.15) is 0 Å². The molecular weight excluding hydrogens is 192 g/mol. The Balaban J connectivity index is 3.92. The summed E-state index contributed by atoms with van der Waals surface area (Å²) in [5, 5.41) is 0. The number of ether oxygens (including phenoxy) is 1. The highest BCUT2D eigenvalue weighted by atomic mass is 35.6. The number of esters is 1. The van der Waals surface area contributed by atoms with E-state index in [2.05, 4.69) is 4.74 Å². The summed E-state index contributed by atoms with van der Waals surface area (Å²) in [6, 6.07) is 0. The average Bonchev–Trinajstić information content (AvgIpc) is 1.95. The molecule has 0 aromatic heterocycles. The van der Waals surface area contributed by atoms with Crippen LogP contribution in [0.3, 0.4) is 0 Å². The number of halogens is 1. The summed E-state index contributed by atoms with van der Waals surface area (Å²) in [4.78, 5) is 10.9. The van der Waals surface area contributed by atoms with Gasteiger partial charge in [0.15, 0.2) is 7.38 Å². The van der Waals surface area contributed by atoms with Crippen molar-refractivity contribution in [1.82, 2.24) is 0 Å². The lowest BCUT2D eigenvalue weighted by Crippen LogP contribution is -2.12. The van der Waals surface area contributed by atoms with Crippen LogP contribution in [0.5, 0.6) is 0 Å². The molecule has 68 valence electrons. The van der Waals surface area contributed by atoms with Gasteiger partial charge in [-0.15, -0.1) is 0 Å². The maximum Gasteiger partial charge on any atom is 0.334 e. The van der Waals surface area contributed by atoms with E-state index in [0.29, 0.717) is 0 Å². The largest absolute Gasteiger partial charge is 0.432 e. The van der Waals surface area contributed by atoms with Crippen molar-refractivity contribution in [2.24, 2.45) is 0 Å². The molecule has 0 aromatic carbocycles. The Hall–Kier alpha value is -0.543. The van der Waals surface area contributed by atoms with Crippen molar-refractivity contribution in [2.75, 3.05) is 0 Å². The van der Waals surface area contributed by atoms with Crippen LogP contribution in [0.4, 0.5) is 0 Å². The fourth-order valence-electron chi connectivity index (χ4n) is 0.441. The van der Waals surface area contributed by atoms with Crippen LogP contribution in [0.15, 0.2) is 24.1 Å². The van der Waals surface area contributed by atoms with E-state index in [1.165, 1.54) is 12.3 Å². The molecule has 2 nitrogen and oxygen atoms in total. The van der Waals surface area contributed by atoms with Gasteiger partial charge in [-0.05, 0) is 6.92 Å². The van der Waals surface area contributed by atoms with Gasteiger partial charge < -0.3 is 4.74 Å². The second-order valence-corrected chi connectivity index (χ2v) is 9.19. The number of hydrogen-bond donors (Lipinski definition) is 0. The van der Waals surface area contributed by atoms with Gasteiger partial charge in [-0.2, -0.15) is 11.1 Å². The predicted octanol–water partition coefficient (Wildman–Crippen LogP) is 2.60. The second-order valence-electron chi connectivity index (χ2n) is 2.80. The number of carbonyl (C=O) groups excluding carboxylic acids is 1. The lowest BCUT2D eigenvalue weighted by molar-refractivity contribution is -0.132. The van der Waals surface area contributed by atoms with Gasteiger partial charge in [0.25, 0.3) is 0 Å². The Bertz CT molecular complexity index is 204. The minimum absolute atomic E-state index is 0.380. The molecule has 0 saturated heterocycles. The maximum atomic E-state index is 10.9. The van der Waals surface area contributed by atoms with Crippen LogP contribution < -0.4 is 0 Å². The van der Waals surface area contributed by atoms with Crippen molar-refractivity contribution in [1.29, 1.82) is 0 Å². The molecule has 0 amide bonds. The second kappa shape index (κ2) is 5.16. The lowest BCUT2D eigenvalue weighted by atomic mass is 10.6. The molecule has 0 aliphatic heterocycles. The van der Waals surface area contributed by atoms with Gasteiger partial charge in [-0.25, -0.2) is 4.79 Å². The molecule has 0 radical (unpaired) electrons. The zero-order valence-electron chi connectivity index (χ0n) is 7.50. The van der Waals surface area contributed by atoms with Crippen molar-refractivity contribution < 1.29 is 9.53 Å². The fourth-order valence-corrected chi connectivity index (χ4v) is 1.16. The minimum atomic E-state index is -1.79. The Morgan fingerprint density at radius 1 is 1.50 bits per heavy atom. The van der Waals surface area contributed by atoms with E-state index in [1.54, 1.807) is 18.7 Å². The highest BCUT2D eigenvalue weighted by molar-refractivity contribution is 7.21. The monoisotopic (exact) mass is 204 g/mol. The topological polar surface area (TPSA) is 26.3 Å². The van der Waals surface area contributed by atoms with Crippen molar-refractivity contribution >= 4 is 24.4 Å². The first-order valence-electron chi connectivity index (χ1n) is 3.65. The minimum Gasteiger partial charge on any atom is -0.432 e. The summed E-state index contributed by atoms with van der Waals surface area (Å²) in [5.41, 5.74) is 1.72. The molecular formula is C8H13ClO2Si. The standard InChI is InChI=1S/C8H13ClO2Si/c1-4-6-11-8(10)5-7-12(2,3)9/h4-7H,1-3H3/b6-4-,7-5-. The molecule has 0 aliphatic rings. The molecule has 0 fully saturated rings.